The van der Waals surface area contributed by atoms with Crippen LogP contribution in [0.3, 0.4) is 0 Å². The van der Waals surface area contributed by atoms with Crippen LogP contribution in [0.25, 0.3) is 11.4 Å². The van der Waals surface area contributed by atoms with Crippen molar-refractivity contribution < 1.29 is 9.60 Å². The summed E-state index contributed by atoms with van der Waals surface area (Å²) in [6.07, 6.45) is 0. The average Bonchev–Trinajstić information content (AvgIpc) is 2.45. The van der Waals surface area contributed by atoms with Gasteiger partial charge in [0.25, 0.3) is 0 Å². The molecule has 0 spiro atoms. The van der Waals surface area contributed by atoms with Gasteiger partial charge in [0.2, 0.25) is 5.82 Å². The van der Waals surface area contributed by atoms with Gasteiger partial charge < -0.3 is 5.21 Å². The van der Waals surface area contributed by atoms with Crippen molar-refractivity contribution in [2.45, 2.75) is 6.92 Å². The van der Waals surface area contributed by atoms with Crippen molar-refractivity contribution >= 4 is 15.9 Å². The molecule has 0 unspecified atom stereocenters. The lowest BCUT2D eigenvalue weighted by Gasteiger charge is -2.00. The third-order valence-corrected chi connectivity index (χ3v) is 2.36. The number of aromatic nitrogens is 3. The summed E-state index contributed by atoms with van der Waals surface area (Å²) < 4.78 is 14.1. The number of hydrogen-bond donors (Lipinski definition) is 1. The van der Waals surface area contributed by atoms with Crippen LogP contribution in [0.4, 0.5) is 4.39 Å². The van der Waals surface area contributed by atoms with Gasteiger partial charge in [-0.3, -0.25) is 0 Å². The Morgan fingerprint density at radius 1 is 1.47 bits per heavy atom. The minimum atomic E-state index is -0.466. The van der Waals surface area contributed by atoms with Crippen LogP contribution in [0.5, 0.6) is 0 Å². The zero-order valence-corrected chi connectivity index (χ0v) is 9.36. The summed E-state index contributed by atoms with van der Waals surface area (Å²) in [7, 11) is 0. The van der Waals surface area contributed by atoms with E-state index in [4.69, 9.17) is 0 Å². The molecule has 0 aliphatic rings. The molecule has 1 heterocycles. The summed E-state index contributed by atoms with van der Waals surface area (Å²) in [6.45, 7) is 1.62. The second-order valence-corrected chi connectivity index (χ2v) is 3.91. The number of aryl methyl sites for hydroxylation is 1. The Morgan fingerprint density at radius 2 is 2.20 bits per heavy atom. The molecule has 1 aromatic heterocycles. The summed E-state index contributed by atoms with van der Waals surface area (Å²) in [5.74, 6) is 0.0133. The third kappa shape index (κ3) is 1.85. The Hall–Kier alpha value is -1.43. The SMILES string of the molecule is Cc1nc(-c2ccc(Br)cc2F)n(O)n1. The first-order valence-corrected chi connectivity index (χ1v) is 4.95. The highest BCUT2D eigenvalue weighted by Gasteiger charge is 2.13. The monoisotopic (exact) mass is 271 g/mol. The second kappa shape index (κ2) is 3.62. The number of hydrogen-bond acceptors (Lipinski definition) is 3. The number of rotatable bonds is 1. The van der Waals surface area contributed by atoms with Crippen LogP contribution in [-0.4, -0.2) is 20.1 Å². The van der Waals surface area contributed by atoms with Gasteiger partial charge in [-0.2, -0.15) is 0 Å². The minimum Gasteiger partial charge on any atom is -0.410 e. The summed E-state index contributed by atoms with van der Waals surface area (Å²) in [4.78, 5) is 4.49. The Morgan fingerprint density at radius 3 is 2.73 bits per heavy atom. The Balaban J connectivity index is 2.59. The van der Waals surface area contributed by atoms with Crippen LogP contribution >= 0.6 is 15.9 Å². The Kier molecular flexibility index (Phi) is 2.44. The van der Waals surface area contributed by atoms with Gasteiger partial charge in [0.15, 0.2) is 5.82 Å². The molecule has 0 aliphatic carbocycles. The molecular formula is C9H7BrFN3O. The van der Waals surface area contributed by atoms with E-state index in [0.717, 1.165) is 0 Å². The number of halogens is 2. The van der Waals surface area contributed by atoms with E-state index >= 15 is 0 Å². The van der Waals surface area contributed by atoms with E-state index in [1.54, 1.807) is 13.0 Å². The van der Waals surface area contributed by atoms with Gasteiger partial charge in [-0.05, 0) is 25.1 Å². The van der Waals surface area contributed by atoms with Gasteiger partial charge in [0.05, 0.1) is 5.56 Å². The van der Waals surface area contributed by atoms with Crippen molar-refractivity contribution in [3.8, 4) is 11.4 Å². The topological polar surface area (TPSA) is 50.9 Å². The van der Waals surface area contributed by atoms with Gasteiger partial charge in [0, 0.05) is 4.47 Å². The van der Waals surface area contributed by atoms with Crippen molar-refractivity contribution in [1.82, 2.24) is 14.9 Å². The van der Waals surface area contributed by atoms with Crippen molar-refractivity contribution in [1.29, 1.82) is 0 Å². The highest BCUT2D eigenvalue weighted by atomic mass is 79.9. The number of benzene rings is 1. The largest absolute Gasteiger partial charge is 0.410 e. The van der Waals surface area contributed by atoms with Gasteiger partial charge in [-0.1, -0.05) is 20.8 Å². The van der Waals surface area contributed by atoms with Crippen LogP contribution in [0.1, 0.15) is 5.82 Å². The van der Waals surface area contributed by atoms with E-state index in [9.17, 15) is 9.60 Å². The van der Waals surface area contributed by atoms with Crippen molar-refractivity contribution in [3.05, 3.63) is 34.3 Å². The summed E-state index contributed by atoms with van der Waals surface area (Å²) in [5.41, 5.74) is 0.210. The first kappa shape index (κ1) is 10.1. The average molecular weight is 272 g/mol. The molecule has 1 N–H and O–H groups in total. The molecular weight excluding hydrogens is 265 g/mol. The summed E-state index contributed by atoms with van der Waals surface area (Å²) >= 11 is 3.15. The minimum absolute atomic E-state index is 0.0949. The van der Waals surface area contributed by atoms with Crippen LogP contribution in [0.15, 0.2) is 22.7 Å². The van der Waals surface area contributed by atoms with Gasteiger partial charge >= 0.3 is 0 Å². The maximum Gasteiger partial charge on any atom is 0.201 e. The Bertz CT molecular complexity index is 512. The van der Waals surface area contributed by atoms with Gasteiger partial charge in [-0.25, -0.2) is 9.37 Å². The van der Waals surface area contributed by atoms with E-state index in [0.29, 0.717) is 15.1 Å². The molecule has 0 saturated carbocycles. The Labute approximate surface area is 93.5 Å². The molecule has 2 rings (SSSR count). The molecule has 6 heteroatoms. The van der Waals surface area contributed by atoms with E-state index in [2.05, 4.69) is 26.0 Å². The van der Waals surface area contributed by atoms with Crippen LogP contribution in [0, 0.1) is 12.7 Å². The molecule has 0 saturated heterocycles. The van der Waals surface area contributed by atoms with Crippen molar-refractivity contribution in [2.24, 2.45) is 0 Å². The fourth-order valence-corrected chi connectivity index (χ4v) is 1.58. The molecule has 0 bridgehead atoms. The first-order valence-electron chi connectivity index (χ1n) is 4.16. The molecule has 78 valence electrons. The molecule has 4 nitrogen and oxygen atoms in total. The standard InChI is InChI=1S/C9H7BrFN3O/c1-5-12-9(14(15)13-5)7-3-2-6(10)4-8(7)11/h2-4,15H,1H3. The zero-order chi connectivity index (χ0) is 11.0. The normalized spacial score (nSPS) is 10.6. The van der Waals surface area contributed by atoms with Gasteiger partial charge in [0.1, 0.15) is 5.82 Å². The highest BCUT2D eigenvalue weighted by molar-refractivity contribution is 9.10. The van der Waals surface area contributed by atoms with E-state index < -0.39 is 5.82 Å². The molecule has 0 aliphatic heterocycles. The molecule has 0 atom stereocenters. The smallest absolute Gasteiger partial charge is 0.201 e. The highest BCUT2D eigenvalue weighted by Crippen LogP contribution is 2.23. The summed E-state index contributed by atoms with van der Waals surface area (Å²) in [6, 6.07) is 4.50. The fourth-order valence-electron chi connectivity index (χ4n) is 1.24. The van der Waals surface area contributed by atoms with E-state index in [1.807, 2.05) is 0 Å². The molecule has 2 aromatic rings. The lowest BCUT2D eigenvalue weighted by Crippen LogP contribution is -1.97. The molecule has 1 aromatic carbocycles. The van der Waals surface area contributed by atoms with E-state index in [-0.39, 0.29) is 11.4 Å². The molecule has 0 amide bonds. The lowest BCUT2D eigenvalue weighted by atomic mass is 10.2. The van der Waals surface area contributed by atoms with Gasteiger partial charge in [-0.15, -0.1) is 5.10 Å². The molecule has 15 heavy (non-hydrogen) atoms. The van der Waals surface area contributed by atoms with Crippen LogP contribution < -0.4 is 0 Å². The quantitative estimate of drug-likeness (QED) is 0.811. The number of nitrogens with zero attached hydrogens (tertiary/aromatic N) is 3. The fraction of sp³-hybridized carbons (Fsp3) is 0.111. The van der Waals surface area contributed by atoms with Crippen LogP contribution in [0.2, 0.25) is 0 Å². The molecule has 0 fully saturated rings. The lowest BCUT2D eigenvalue weighted by molar-refractivity contribution is 0.151. The van der Waals surface area contributed by atoms with E-state index in [1.165, 1.54) is 12.1 Å². The van der Waals surface area contributed by atoms with Crippen LogP contribution in [-0.2, 0) is 0 Å². The summed E-state index contributed by atoms with van der Waals surface area (Å²) in [5, 5.41) is 13.0. The maximum atomic E-state index is 13.5. The van der Waals surface area contributed by atoms with Crippen molar-refractivity contribution in [2.75, 3.05) is 0 Å². The predicted octanol–water partition coefficient (Wildman–Crippen LogP) is 2.39. The first-order chi connectivity index (χ1) is 7.08. The third-order valence-electron chi connectivity index (χ3n) is 1.87. The zero-order valence-electron chi connectivity index (χ0n) is 7.78. The molecule has 0 radical (unpaired) electrons. The maximum absolute atomic E-state index is 13.5. The van der Waals surface area contributed by atoms with Crippen molar-refractivity contribution in [3.63, 3.8) is 0 Å². The second-order valence-electron chi connectivity index (χ2n) is 3.00. The predicted molar refractivity (Wildman–Crippen MR) is 55.0 cm³/mol.